The minimum absolute atomic E-state index is 0.442. The Labute approximate surface area is 215 Å². The molecule has 0 aliphatic carbocycles. The minimum atomic E-state index is 0.442. The number of ether oxygens (including phenoxy) is 2. The van der Waals surface area contributed by atoms with Gasteiger partial charge in [0, 0.05) is 79.6 Å². The van der Waals surface area contributed by atoms with Crippen LogP contribution in [0.2, 0.25) is 5.02 Å². The highest BCUT2D eigenvalue weighted by Gasteiger charge is 2.21. The second-order valence-electron chi connectivity index (χ2n) is 8.91. The zero-order valence-electron chi connectivity index (χ0n) is 20.7. The van der Waals surface area contributed by atoms with Crippen LogP contribution in [0.5, 0.6) is 11.5 Å². The van der Waals surface area contributed by atoms with E-state index in [2.05, 4.69) is 25.8 Å². The molecule has 4 aromatic rings. The fraction of sp³-hybridized carbons (Fsp3) is 0.385. The molecule has 1 fully saturated rings. The van der Waals surface area contributed by atoms with Crippen molar-refractivity contribution in [3.8, 4) is 11.5 Å². The Morgan fingerprint density at radius 2 is 1.86 bits per heavy atom. The van der Waals surface area contributed by atoms with Crippen LogP contribution in [-0.4, -0.2) is 71.6 Å². The molecule has 0 spiro atoms. The molecule has 0 bridgehead atoms. The number of nitrogens with zero attached hydrogens (tertiary/aromatic N) is 5. The molecular formula is C26H32ClN7O2. The van der Waals surface area contributed by atoms with Gasteiger partial charge in [-0.1, -0.05) is 17.7 Å². The van der Waals surface area contributed by atoms with Gasteiger partial charge in [0.15, 0.2) is 11.5 Å². The number of nitrogens with one attached hydrogen (secondary N) is 1. The zero-order chi connectivity index (χ0) is 25.1. The van der Waals surface area contributed by atoms with Crippen molar-refractivity contribution in [2.24, 2.45) is 5.73 Å². The van der Waals surface area contributed by atoms with Gasteiger partial charge < -0.3 is 25.1 Å². The van der Waals surface area contributed by atoms with E-state index in [1.807, 2.05) is 35.1 Å². The van der Waals surface area contributed by atoms with Crippen LogP contribution in [0.15, 0.2) is 42.9 Å². The maximum absolute atomic E-state index is 6.38. The molecule has 36 heavy (non-hydrogen) atoms. The monoisotopic (exact) mass is 509 g/mol. The summed E-state index contributed by atoms with van der Waals surface area (Å²) in [5.74, 6) is 1.39. The number of aromatic amines is 1. The summed E-state index contributed by atoms with van der Waals surface area (Å²) in [7, 11) is 3.31. The first kappa shape index (κ1) is 24.4. The number of imidazole rings is 1. The number of hydrogen-bond acceptors (Lipinski definition) is 7. The Bertz CT molecular complexity index is 1310. The van der Waals surface area contributed by atoms with Gasteiger partial charge in [-0.15, -0.1) is 0 Å². The van der Waals surface area contributed by atoms with Crippen molar-refractivity contribution >= 4 is 28.2 Å². The van der Waals surface area contributed by atoms with E-state index < -0.39 is 0 Å². The van der Waals surface area contributed by atoms with Gasteiger partial charge in [0.25, 0.3) is 0 Å². The van der Waals surface area contributed by atoms with E-state index in [9.17, 15) is 0 Å². The largest absolute Gasteiger partial charge is 0.493 e. The predicted octanol–water partition coefficient (Wildman–Crippen LogP) is 3.30. The maximum atomic E-state index is 6.38. The summed E-state index contributed by atoms with van der Waals surface area (Å²) in [5, 5.41) is 6.80. The first-order chi connectivity index (χ1) is 17.6. The number of fused-ring (bicyclic) bond motifs is 1. The van der Waals surface area contributed by atoms with Crippen molar-refractivity contribution in [1.29, 1.82) is 0 Å². The first-order valence-corrected chi connectivity index (χ1v) is 12.5. The quantitative estimate of drug-likeness (QED) is 0.357. The SMILES string of the molecule is COc1cc2c(CCN3CCN(c4cccc(Cl)c4CN)CC3)nn(Cc3c[nH]cn3)c2cc1OC. The number of nitrogens with two attached hydrogens (primary N) is 1. The molecule has 0 amide bonds. The molecule has 5 rings (SSSR count). The van der Waals surface area contributed by atoms with Gasteiger partial charge in [0.1, 0.15) is 0 Å². The van der Waals surface area contributed by atoms with E-state index in [0.717, 1.165) is 77.7 Å². The Kier molecular flexibility index (Phi) is 7.31. The van der Waals surface area contributed by atoms with Crippen molar-refractivity contribution in [3.05, 3.63) is 64.8 Å². The van der Waals surface area contributed by atoms with Crippen LogP contribution in [0.4, 0.5) is 5.69 Å². The molecule has 3 heterocycles. The van der Waals surface area contributed by atoms with Crippen LogP contribution in [0.25, 0.3) is 10.9 Å². The van der Waals surface area contributed by atoms with E-state index >= 15 is 0 Å². The molecule has 190 valence electrons. The van der Waals surface area contributed by atoms with Gasteiger partial charge in [-0.3, -0.25) is 9.58 Å². The number of H-pyrrole nitrogens is 1. The van der Waals surface area contributed by atoms with E-state index in [4.69, 9.17) is 31.9 Å². The fourth-order valence-corrected chi connectivity index (χ4v) is 5.17. The summed E-state index contributed by atoms with van der Waals surface area (Å²) >= 11 is 6.38. The summed E-state index contributed by atoms with van der Waals surface area (Å²) in [5.41, 5.74) is 11.1. The standard InChI is InChI=1S/C26H32ClN7O2/c1-35-25-12-19-22(31-34(16-18-15-29-17-30-18)24(19)13-26(25)36-2)6-7-32-8-10-33(11-9-32)23-5-3-4-21(27)20(23)14-28/h3-5,12-13,15,17H,6-11,14,16,28H2,1-2H3,(H,29,30). The van der Waals surface area contributed by atoms with E-state index in [-0.39, 0.29) is 0 Å². The number of benzene rings is 2. The van der Waals surface area contributed by atoms with Crippen LogP contribution < -0.4 is 20.1 Å². The van der Waals surface area contributed by atoms with Crippen molar-refractivity contribution in [3.63, 3.8) is 0 Å². The average molecular weight is 510 g/mol. The lowest BCUT2D eigenvalue weighted by atomic mass is 10.1. The van der Waals surface area contributed by atoms with Crippen LogP contribution in [0.1, 0.15) is 17.0 Å². The third kappa shape index (κ3) is 4.86. The third-order valence-electron chi connectivity index (χ3n) is 6.87. The summed E-state index contributed by atoms with van der Waals surface area (Å²) in [6.45, 7) is 5.77. The van der Waals surface area contributed by atoms with Crippen LogP contribution in [0.3, 0.4) is 0 Å². The molecule has 2 aromatic heterocycles. The highest BCUT2D eigenvalue weighted by molar-refractivity contribution is 6.31. The number of anilines is 1. The fourth-order valence-electron chi connectivity index (χ4n) is 4.92. The van der Waals surface area contributed by atoms with Crippen LogP contribution >= 0.6 is 11.6 Å². The van der Waals surface area contributed by atoms with Crippen molar-refractivity contribution in [1.82, 2.24) is 24.6 Å². The number of hydrogen-bond donors (Lipinski definition) is 2. The Balaban J connectivity index is 1.31. The molecule has 0 saturated carbocycles. The van der Waals surface area contributed by atoms with Crippen LogP contribution in [-0.2, 0) is 19.5 Å². The van der Waals surface area contributed by atoms with Gasteiger partial charge in [-0.05, 0) is 18.2 Å². The number of piperazine rings is 1. The number of methoxy groups -OCH3 is 2. The number of rotatable bonds is 9. The summed E-state index contributed by atoms with van der Waals surface area (Å²) in [6.07, 6.45) is 4.42. The molecule has 1 aliphatic heterocycles. The molecule has 0 atom stereocenters. The molecule has 0 unspecified atom stereocenters. The number of halogens is 1. The van der Waals surface area contributed by atoms with Crippen molar-refractivity contribution < 1.29 is 9.47 Å². The summed E-state index contributed by atoms with van der Waals surface area (Å²) < 4.78 is 13.1. The van der Waals surface area contributed by atoms with Gasteiger partial charge in [0.2, 0.25) is 0 Å². The van der Waals surface area contributed by atoms with Gasteiger partial charge in [-0.2, -0.15) is 5.10 Å². The van der Waals surface area contributed by atoms with Gasteiger partial charge in [0.05, 0.1) is 44.0 Å². The summed E-state index contributed by atoms with van der Waals surface area (Å²) in [6, 6.07) is 10.0. The number of aromatic nitrogens is 4. The Morgan fingerprint density at radius 3 is 2.56 bits per heavy atom. The normalized spacial score (nSPS) is 14.5. The molecular weight excluding hydrogens is 478 g/mol. The molecule has 10 heteroatoms. The highest BCUT2D eigenvalue weighted by Crippen LogP contribution is 2.34. The third-order valence-corrected chi connectivity index (χ3v) is 7.23. The Hall–Kier alpha value is -3.27. The lowest BCUT2D eigenvalue weighted by Gasteiger charge is -2.37. The second kappa shape index (κ2) is 10.8. The topological polar surface area (TPSA) is 97.5 Å². The van der Waals surface area contributed by atoms with E-state index in [0.29, 0.717) is 24.6 Å². The minimum Gasteiger partial charge on any atom is -0.493 e. The van der Waals surface area contributed by atoms with Crippen LogP contribution in [0, 0.1) is 0 Å². The molecule has 3 N–H and O–H groups in total. The first-order valence-electron chi connectivity index (χ1n) is 12.1. The van der Waals surface area contributed by atoms with E-state index in [1.165, 1.54) is 0 Å². The average Bonchev–Trinajstić information content (AvgIpc) is 3.54. The second-order valence-corrected chi connectivity index (χ2v) is 9.32. The van der Waals surface area contributed by atoms with Gasteiger partial charge >= 0.3 is 0 Å². The zero-order valence-corrected chi connectivity index (χ0v) is 21.5. The molecule has 1 aliphatic rings. The smallest absolute Gasteiger partial charge is 0.162 e. The molecule has 0 radical (unpaired) electrons. The lowest BCUT2D eigenvalue weighted by Crippen LogP contribution is -2.47. The summed E-state index contributed by atoms with van der Waals surface area (Å²) in [4.78, 5) is 12.3. The maximum Gasteiger partial charge on any atom is 0.162 e. The predicted molar refractivity (Wildman–Crippen MR) is 142 cm³/mol. The van der Waals surface area contributed by atoms with Crippen molar-refractivity contribution in [2.75, 3.05) is 51.8 Å². The lowest BCUT2D eigenvalue weighted by molar-refractivity contribution is 0.260. The highest BCUT2D eigenvalue weighted by atomic mass is 35.5. The molecule has 2 aromatic carbocycles. The Morgan fingerprint density at radius 1 is 1.08 bits per heavy atom. The molecule has 9 nitrogen and oxygen atoms in total. The van der Waals surface area contributed by atoms with E-state index in [1.54, 1.807) is 20.5 Å². The van der Waals surface area contributed by atoms with Crippen molar-refractivity contribution in [2.45, 2.75) is 19.5 Å². The molecule has 1 saturated heterocycles. The van der Waals surface area contributed by atoms with Gasteiger partial charge in [-0.25, -0.2) is 4.98 Å².